The average Bonchev–Trinajstić information content (AvgIpc) is 2.57. The van der Waals surface area contributed by atoms with E-state index in [1.807, 2.05) is 25.4 Å². The van der Waals surface area contributed by atoms with Crippen molar-refractivity contribution in [3.63, 3.8) is 0 Å². The molecule has 0 atom stereocenters. The van der Waals surface area contributed by atoms with E-state index in [1.165, 1.54) is 0 Å². The summed E-state index contributed by atoms with van der Waals surface area (Å²) >= 11 is 6.07. The van der Waals surface area contributed by atoms with Gasteiger partial charge >= 0.3 is 0 Å². The first-order valence-corrected chi connectivity index (χ1v) is 4.59. The molecule has 0 amide bonds. The first-order chi connectivity index (χ1) is 6.68. The minimum absolute atomic E-state index is 0.584. The van der Waals surface area contributed by atoms with Gasteiger partial charge in [-0.05, 0) is 6.07 Å². The van der Waals surface area contributed by atoms with Gasteiger partial charge in [-0.1, -0.05) is 23.7 Å². The van der Waals surface area contributed by atoms with Crippen molar-refractivity contribution in [3.05, 3.63) is 35.6 Å². The SMILES string of the molecule is Cn1cc(-c2cccc(N)c2Cl)cn1. The zero-order chi connectivity index (χ0) is 10.1. The molecule has 2 rings (SSSR count). The highest BCUT2D eigenvalue weighted by Crippen LogP contribution is 2.31. The Morgan fingerprint density at radius 1 is 1.43 bits per heavy atom. The Bertz CT molecular complexity index is 462. The van der Waals surface area contributed by atoms with E-state index in [9.17, 15) is 0 Å². The molecule has 0 aliphatic carbocycles. The van der Waals surface area contributed by atoms with Gasteiger partial charge in [0.2, 0.25) is 0 Å². The van der Waals surface area contributed by atoms with Gasteiger partial charge in [-0.3, -0.25) is 4.68 Å². The summed E-state index contributed by atoms with van der Waals surface area (Å²) in [6.45, 7) is 0. The first-order valence-electron chi connectivity index (χ1n) is 4.21. The number of aromatic nitrogens is 2. The number of rotatable bonds is 1. The number of aryl methyl sites for hydroxylation is 1. The summed E-state index contributed by atoms with van der Waals surface area (Å²) in [6.07, 6.45) is 3.67. The number of nitrogens with two attached hydrogens (primary N) is 1. The van der Waals surface area contributed by atoms with Crippen LogP contribution in [-0.4, -0.2) is 9.78 Å². The third-order valence-electron chi connectivity index (χ3n) is 2.04. The van der Waals surface area contributed by atoms with Gasteiger partial charge in [0.1, 0.15) is 0 Å². The zero-order valence-corrected chi connectivity index (χ0v) is 8.49. The van der Waals surface area contributed by atoms with Gasteiger partial charge < -0.3 is 5.73 Å². The van der Waals surface area contributed by atoms with E-state index >= 15 is 0 Å². The van der Waals surface area contributed by atoms with Crippen LogP contribution in [0.5, 0.6) is 0 Å². The van der Waals surface area contributed by atoms with Gasteiger partial charge in [0.15, 0.2) is 0 Å². The van der Waals surface area contributed by atoms with Gasteiger partial charge in [0, 0.05) is 24.4 Å². The van der Waals surface area contributed by atoms with Crippen molar-refractivity contribution >= 4 is 17.3 Å². The predicted octanol–water partition coefficient (Wildman–Crippen LogP) is 2.32. The predicted molar refractivity (Wildman–Crippen MR) is 58.1 cm³/mol. The van der Waals surface area contributed by atoms with Crippen LogP contribution in [-0.2, 0) is 7.05 Å². The third-order valence-corrected chi connectivity index (χ3v) is 2.47. The Morgan fingerprint density at radius 3 is 2.86 bits per heavy atom. The summed E-state index contributed by atoms with van der Waals surface area (Å²) < 4.78 is 1.73. The fourth-order valence-electron chi connectivity index (χ4n) is 1.33. The second kappa shape index (κ2) is 3.35. The van der Waals surface area contributed by atoms with Crippen molar-refractivity contribution in [2.24, 2.45) is 7.05 Å². The van der Waals surface area contributed by atoms with Crippen molar-refractivity contribution in [2.45, 2.75) is 0 Å². The highest BCUT2D eigenvalue weighted by atomic mass is 35.5. The van der Waals surface area contributed by atoms with Crippen LogP contribution < -0.4 is 5.73 Å². The maximum atomic E-state index is 6.07. The van der Waals surface area contributed by atoms with Crippen molar-refractivity contribution in [3.8, 4) is 11.1 Å². The smallest absolute Gasteiger partial charge is 0.0714 e. The molecule has 1 heterocycles. The van der Waals surface area contributed by atoms with Gasteiger partial charge in [-0.15, -0.1) is 0 Å². The summed E-state index contributed by atoms with van der Waals surface area (Å²) in [6, 6.07) is 5.58. The monoisotopic (exact) mass is 207 g/mol. The molecule has 2 N–H and O–H groups in total. The van der Waals surface area contributed by atoms with E-state index < -0.39 is 0 Å². The highest BCUT2D eigenvalue weighted by molar-refractivity contribution is 6.35. The topological polar surface area (TPSA) is 43.8 Å². The van der Waals surface area contributed by atoms with Gasteiger partial charge in [-0.25, -0.2) is 0 Å². The lowest BCUT2D eigenvalue weighted by Gasteiger charge is -2.03. The van der Waals surface area contributed by atoms with Crippen LogP contribution in [0.2, 0.25) is 5.02 Å². The minimum atomic E-state index is 0.584. The Morgan fingerprint density at radius 2 is 2.21 bits per heavy atom. The zero-order valence-electron chi connectivity index (χ0n) is 7.74. The summed E-state index contributed by atoms with van der Waals surface area (Å²) in [7, 11) is 1.86. The molecule has 3 nitrogen and oxygen atoms in total. The van der Waals surface area contributed by atoms with Crippen molar-refractivity contribution in [2.75, 3.05) is 5.73 Å². The number of halogens is 1. The molecule has 0 bridgehead atoms. The summed E-state index contributed by atoms with van der Waals surface area (Å²) in [5.41, 5.74) is 8.19. The Balaban J connectivity index is 2.57. The molecule has 0 aliphatic rings. The molecule has 0 saturated heterocycles. The van der Waals surface area contributed by atoms with E-state index in [1.54, 1.807) is 16.9 Å². The fraction of sp³-hybridized carbons (Fsp3) is 0.100. The number of hydrogen-bond acceptors (Lipinski definition) is 2. The molecule has 0 radical (unpaired) electrons. The summed E-state index contributed by atoms with van der Waals surface area (Å²) in [5, 5.41) is 4.66. The molecular weight excluding hydrogens is 198 g/mol. The number of hydrogen-bond donors (Lipinski definition) is 1. The molecule has 0 unspecified atom stereocenters. The number of anilines is 1. The lowest BCUT2D eigenvalue weighted by molar-refractivity contribution is 0.768. The number of nitrogen functional groups attached to an aromatic ring is 1. The largest absolute Gasteiger partial charge is 0.398 e. The standard InChI is InChI=1S/C10H10ClN3/c1-14-6-7(5-13-14)8-3-2-4-9(12)10(8)11/h2-6H,12H2,1H3. The van der Waals surface area contributed by atoms with Crippen molar-refractivity contribution in [1.29, 1.82) is 0 Å². The average molecular weight is 208 g/mol. The Hall–Kier alpha value is -1.48. The third kappa shape index (κ3) is 1.46. The maximum Gasteiger partial charge on any atom is 0.0714 e. The molecular formula is C10H10ClN3. The van der Waals surface area contributed by atoms with E-state index in [0.29, 0.717) is 10.7 Å². The van der Waals surface area contributed by atoms with E-state index in [4.69, 9.17) is 17.3 Å². The second-order valence-electron chi connectivity index (χ2n) is 3.11. The van der Waals surface area contributed by atoms with Crippen LogP contribution in [0.25, 0.3) is 11.1 Å². The molecule has 2 aromatic rings. The van der Waals surface area contributed by atoms with Crippen LogP contribution >= 0.6 is 11.6 Å². The second-order valence-corrected chi connectivity index (χ2v) is 3.49. The lowest BCUT2D eigenvalue weighted by Crippen LogP contribution is -1.87. The van der Waals surface area contributed by atoms with Crippen LogP contribution in [0.4, 0.5) is 5.69 Å². The number of benzene rings is 1. The van der Waals surface area contributed by atoms with Gasteiger partial charge in [0.25, 0.3) is 0 Å². The van der Waals surface area contributed by atoms with E-state index in [0.717, 1.165) is 11.1 Å². The van der Waals surface area contributed by atoms with Crippen LogP contribution in [0, 0.1) is 0 Å². The van der Waals surface area contributed by atoms with Crippen molar-refractivity contribution in [1.82, 2.24) is 9.78 Å². The van der Waals surface area contributed by atoms with Gasteiger partial charge in [-0.2, -0.15) is 5.10 Å². The minimum Gasteiger partial charge on any atom is -0.398 e. The quantitative estimate of drug-likeness (QED) is 0.730. The highest BCUT2D eigenvalue weighted by Gasteiger charge is 2.06. The lowest BCUT2D eigenvalue weighted by atomic mass is 10.1. The number of nitrogens with zero attached hydrogens (tertiary/aromatic N) is 2. The first kappa shape index (κ1) is 9.09. The molecule has 0 fully saturated rings. The maximum absolute atomic E-state index is 6.07. The van der Waals surface area contributed by atoms with Gasteiger partial charge in [0.05, 0.1) is 16.9 Å². The molecule has 14 heavy (non-hydrogen) atoms. The van der Waals surface area contributed by atoms with Crippen LogP contribution in [0.1, 0.15) is 0 Å². The molecule has 0 saturated carbocycles. The molecule has 1 aromatic heterocycles. The molecule has 4 heteroatoms. The normalized spacial score (nSPS) is 10.4. The van der Waals surface area contributed by atoms with Crippen LogP contribution in [0.15, 0.2) is 30.6 Å². The van der Waals surface area contributed by atoms with E-state index in [-0.39, 0.29) is 0 Å². The molecule has 72 valence electrons. The summed E-state index contributed by atoms with van der Waals surface area (Å²) in [4.78, 5) is 0. The van der Waals surface area contributed by atoms with Crippen LogP contribution in [0.3, 0.4) is 0 Å². The van der Waals surface area contributed by atoms with Crippen molar-refractivity contribution < 1.29 is 0 Å². The molecule has 0 spiro atoms. The van der Waals surface area contributed by atoms with E-state index in [2.05, 4.69) is 5.10 Å². The Labute approximate surface area is 87.1 Å². The molecule has 0 aliphatic heterocycles. The Kier molecular flexibility index (Phi) is 2.17. The summed E-state index contributed by atoms with van der Waals surface area (Å²) in [5.74, 6) is 0. The fourth-order valence-corrected chi connectivity index (χ4v) is 1.57. The molecule has 1 aromatic carbocycles.